The number of sulfonamides is 1. The number of benzene rings is 1. The van der Waals surface area contributed by atoms with E-state index in [1.807, 2.05) is 13.8 Å². The van der Waals surface area contributed by atoms with Gasteiger partial charge in [0.1, 0.15) is 0 Å². The van der Waals surface area contributed by atoms with Gasteiger partial charge in [0, 0.05) is 25.2 Å². The van der Waals surface area contributed by atoms with Crippen LogP contribution in [0.25, 0.3) is 0 Å². The maximum absolute atomic E-state index is 12.7. The van der Waals surface area contributed by atoms with Crippen molar-refractivity contribution in [3.05, 3.63) is 23.8 Å². The number of fused-ring (bicyclic) bond motifs is 1. The minimum absolute atomic E-state index is 0.00531. The average molecular weight is 310 g/mol. The van der Waals surface area contributed by atoms with Crippen LogP contribution in [0.2, 0.25) is 0 Å². The molecule has 0 spiro atoms. The summed E-state index contributed by atoms with van der Waals surface area (Å²) >= 11 is 0. The van der Waals surface area contributed by atoms with Gasteiger partial charge in [-0.25, -0.2) is 8.42 Å². The van der Waals surface area contributed by atoms with Crippen molar-refractivity contribution in [3.8, 4) is 0 Å². The molecule has 0 bridgehead atoms. The molecule has 1 aliphatic rings. The molecule has 0 atom stereocenters. The molecule has 1 heterocycles. The van der Waals surface area contributed by atoms with E-state index in [9.17, 15) is 13.2 Å². The van der Waals surface area contributed by atoms with Gasteiger partial charge in [-0.15, -0.1) is 0 Å². The lowest BCUT2D eigenvalue weighted by atomic mass is 10.0. The van der Waals surface area contributed by atoms with Gasteiger partial charge in [-0.2, -0.15) is 4.31 Å². The van der Waals surface area contributed by atoms with Gasteiger partial charge in [-0.3, -0.25) is 4.79 Å². The number of hydrogen-bond acceptors (Lipinski definition) is 3. The van der Waals surface area contributed by atoms with Crippen molar-refractivity contribution in [1.82, 2.24) is 4.31 Å². The number of nitrogens with one attached hydrogen (secondary N) is 1. The van der Waals surface area contributed by atoms with Crippen LogP contribution >= 0.6 is 0 Å². The first-order chi connectivity index (χ1) is 9.90. The minimum atomic E-state index is -3.49. The summed E-state index contributed by atoms with van der Waals surface area (Å²) < 4.78 is 26.8. The summed E-state index contributed by atoms with van der Waals surface area (Å²) in [6.07, 6.45) is 2.55. The Labute approximate surface area is 126 Å². The van der Waals surface area contributed by atoms with Crippen molar-refractivity contribution >= 4 is 21.6 Å². The molecule has 1 aromatic rings. The highest BCUT2D eigenvalue weighted by Crippen LogP contribution is 2.27. The molecule has 6 heteroatoms. The number of nitrogens with zero attached hydrogens (tertiary/aromatic N) is 1. The second kappa shape index (κ2) is 6.15. The molecule has 0 unspecified atom stereocenters. The van der Waals surface area contributed by atoms with Crippen molar-refractivity contribution in [3.63, 3.8) is 0 Å². The summed E-state index contributed by atoms with van der Waals surface area (Å²) in [4.78, 5) is 11.6. The Kier molecular flexibility index (Phi) is 4.68. The highest BCUT2D eigenvalue weighted by atomic mass is 32.2. The van der Waals surface area contributed by atoms with Crippen LogP contribution in [0.15, 0.2) is 23.1 Å². The first-order valence-corrected chi connectivity index (χ1v) is 8.75. The highest BCUT2D eigenvalue weighted by Gasteiger charge is 2.27. The fourth-order valence-electron chi connectivity index (χ4n) is 2.69. The number of aryl methyl sites for hydroxylation is 1. The number of hydrogen-bond donors (Lipinski definition) is 1. The molecule has 0 fully saturated rings. The van der Waals surface area contributed by atoms with E-state index >= 15 is 0 Å². The van der Waals surface area contributed by atoms with E-state index in [-0.39, 0.29) is 11.9 Å². The lowest BCUT2D eigenvalue weighted by Gasteiger charge is -2.26. The van der Waals surface area contributed by atoms with E-state index < -0.39 is 10.0 Å². The third-order valence-corrected chi connectivity index (χ3v) is 6.01. The van der Waals surface area contributed by atoms with Crippen molar-refractivity contribution < 1.29 is 13.2 Å². The van der Waals surface area contributed by atoms with Crippen LogP contribution in [0.4, 0.5) is 5.69 Å². The molecule has 1 aliphatic heterocycles. The van der Waals surface area contributed by atoms with Crippen LogP contribution in [0, 0.1) is 0 Å². The van der Waals surface area contributed by atoms with Gasteiger partial charge >= 0.3 is 0 Å². The van der Waals surface area contributed by atoms with Gasteiger partial charge in [0.25, 0.3) is 0 Å². The maximum atomic E-state index is 12.7. The summed E-state index contributed by atoms with van der Waals surface area (Å²) in [5.74, 6) is -0.0211. The van der Waals surface area contributed by atoms with E-state index in [0.717, 1.165) is 24.1 Å². The minimum Gasteiger partial charge on any atom is -0.326 e. The van der Waals surface area contributed by atoms with Gasteiger partial charge < -0.3 is 5.32 Å². The fourth-order valence-corrected chi connectivity index (χ4v) is 4.24. The van der Waals surface area contributed by atoms with Crippen molar-refractivity contribution in [2.75, 3.05) is 12.4 Å². The zero-order chi connectivity index (χ0) is 15.6. The Morgan fingerprint density at radius 2 is 1.90 bits per heavy atom. The second-order valence-corrected chi connectivity index (χ2v) is 7.36. The Morgan fingerprint density at radius 1 is 1.24 bits per heavy atom. The van der Waals surface area contributed by atoms with Crippen molar-refractivity contribution in [2.24, 2.45) is 0 Å². The first kappa shape index (κ1) is 16.0. The Bertz CT molecular complexity index is 636. The number of rotatable bonds is 5. The molecule has 116 valence electrons. The molecule has 5 nitrogen and oxygen atoms in total. The molecular formula is C15H22N2O3S. The third-order valence-electron chi connectivity index (χ3n) is 4.11. The first-order valence-electron chi connectivity index (χ1n) is 7.31. The van der Waals surface area contributed by atoms with E-state index in [0.29, 0.717) is 17.7 Å². The van der Waals surface area contributed by atoms with Crippen LogP contribution in [0.5, 0.6) is 0 Å². The molecule has 1 aromatic carbocycles. The summed E-state index contributed by atoms with van der Waals surface area (Å²) in [6.45, 7) is 3.98. The molecule has 1 amide bonds. The fraction of sp³-hybridized carbons (Fsp3) is 0.533. The third kappa shape index (κ3) is 3.11. The quantitative estimate of drug-likeness (QED) is 0.908. The van der Waals surface area contributed by atoms with Crippen LogP contribution in [-0.4, -0.2) is 31.7 Å². The zero-order valence-electron chi connectivity index (χ0n) is 12.7. The Hall–Kier alpha value is -1.40. The van der Waals surface area contributed by atoms with E-state index in [1.54, 1.807) is 25.2 Å². The standard InChI is InChI=1S/C15H22N2O3S/c1-4-12(5-2)17(3)21(19,20)13-7-8-14-11(10-13)6-9-15(18)16-14/h7-8,10,12H,4-6,9H2,1-3H3,(H,16,18). The van der Waals surface area contributed by atoms with Gasteiger partial charge in [-0.1, -0.05) is 13.8 Å². The summed E-state index contributed by atoms with van der Waals surface area (Å²) in [5.41, 5.74) is 1.60. The van der Waals surface area contributed by atoms with Gasteiger partial charge in [-0.05, 0) is 43.0 Å². The number of amides is 1. The predicted molar refractivity (Wildman–Crippen MR) is 82.7 cm³/mol. The molecule has 0 saturated carbocycles. The number of carbonyl (C=O) groups excluding carboxylic acids is 1. The largest absolute Gasteiger partial charge is 0.326 e. The van der Waals surface area contributed by atoms with Gasteiger partial charge in [0.2, 0.25) is 15.9 Å². The molecule has 0 radical (unpaired) electrons. The summed E-state index contributed by atoms with van der Waals surface area (Å²) in [5, 5.41) is 2.77. The number of anilines is 1. The van der Waals surface area contributed by atoms with E-state index in [2.05, 4.69) is 5.32 Å². The lowest BCUT2D eigenvalue weighted by Crippen LogP contribution is -2.36. The predicted octanol–water partition coefficient (Wildman–Crippen LogP) is 2.38. The van der Waals surface area contributed by atoms with Crippen LogP contribution in [-0.2, 0) is 21.2 Å². The van der Waals surface area contributed by atoms with Gasteiger partial charge in [0.05, 0.1) is 4.90 Å². The molecule has 21 heavy (non-hydrogen) atoms. The smallest absolute Gasteiger partial charge is 0.243 e. The Balaban J connectivity index is 2.35. The normalized spacial score (nSPS) is 15.2. The molecule has 1 N–H and O–H groups in total. The van der Waals surface area contributed by atoms with Crippen LogP contribution in [0.3, 0.4) is 0 Å². The van der Waals surface area contributed by atoms with Gasteiger partial charge in [0.15, 0.2) is 0 Å². The molecule has 0 saturated heterocycles. The van der Waals surface area contributed by atoms with Crippen LogP contribution in [0.1, 0.15) is 38.7 Å². The number of carbonyl (C=O) groups is 1. The SMILES string of the molecule is CCC(CC)N(C)S(=O)(=O)c1ccc2c(c1)CCC(=O)N2. The zero-order valence-corrected chi connectivity index (χ0v) is 13.5. The van der Waals surface area contributed by atoms with Crippen molar-refractivity contribution in [2.45, 2.75) is 50.5 Å². The maximum Gasteiger partial charge on any atom is 0.243 e. The molecular weight excluding hydrogens is 288 g/mol. The molecule has 2 rings (SSSR count). The highest BCUT2D eigenvalue weighted by molar-refractivity contribution is 7.89. The van der Waals surface area contributed by atoms with E-state index in [4.69, 9.17) is 0 Å². The van der Waals surface area contributed by atoms with E-state index in [1.165, 1.54) is 4.31 Å². The average Bonchev–Trinajstić information content (AvgIpc) is 2.47. The Morgan fingerprint density at radius 3 is 2.52 bits per heavy atom. The van der Waals surface area contributed by atoms with Crippen molar-refractivity contribution in [1.29, 1.82) is 0 Å². The van der Waals surface area contributed by atoms with Crippen LogP contribution < -0.4 is 5.32 Å². The molecule has 0 aliphatic carbocycles. The second-order valence-electron chi connectivity index (χ2n) is 5.36. The molecule has 0 aromatic heterocycles. The summed E-state index contributed by atoms with van der Waals surface area (Å²) in [6, 6.07) is 4.94. The summed E-state index contributed by atoms with van der Waals surface area (Å²) in [7, 11) is -1.86. The monoisotopic (exact) mass is 310 g/mol. The topological polar surface area (TPSA) is 66.5 Å². The lowest BCUT2D eigenvalue weighted by molar-refractivity contribution is -0.116.